The van der Waals surface area contributed by atoms with Crippen LogP contribution in [0.1, 0.15) is 18.9 Å². The van der Waals surface area contributed by atoms with Crippen LogP contribution in [0, 0.1) is 5.82 Å². The monoisotopic (exact) mass is 267 g/mol. The molecule has 2 N–H and O–H groups in total. The summed E-state index contributed by atoms with van der Waals surface area (Å²) >= 11 is 0. The van der Waals surface area contributed by atoms with Crippen LogP contribution in [-0.4, -0.2) is 47.9 Å². The van der Waals surface area contributed by atoms with Crippen molar-refractivity contribution in [3.63, 3.8) is 0 Å². The lowest BCUT2D eigenvalue weighted by Crippen LogP contribution is -2.46. The molecule has 0 aliphatic carbocycles. The molecule has 0 spiro atoms. The van der Waals surface area contributed by atoms with Gasteiger partial charge in [0.05, 0.1) is 13.2 Å². The minimum absolute atomic E-state index is 0.237. The summed E-state index contributed by atoms with van der Waals surface area (Å²) in [6.45, 7) is 4.84. The van der Waals surface area contributed by atoms with E-state index >= 15 is 0 Å². The maximum absolute atomic E-state index is 13.2. The van der Waals surface area contributed by atoms with E-state index in [0.717, 1.165) is 18.5 Å². The summed E-state index contributed by atoms with van der Waals surface area (Å²) in [4.78, 5) is 2.24. The van der Waals surface area contributed by atoms with Gasteiger partial charge in [0.25, 0.3) is 0 Å². The second-order valence-electron chi connectivity index (χ2n) is 4.82. The zero-order valence-corrected chi connectivity index (χ0v) is 11.1. The minimum atomic E-state index is -1.65. The molecule has 1 unspecified atom stereocenters. The number of rotatable bonds is 4. The summed E-state index contributed by atoms with van der Waals surface area (Å²) < 4.78 is 18.6. The molecule has 1 aliphatic rings. The maximum Gasteiger partial charge on any atom is 0.488 e. The van der Waals surface area contributed by atoms with Crippen LogP contribution in [0.2, 0.25) is 0 Å². The molecule has 104 valence electrons. The Morgan fingerprint density at radius 3 is 2.95 bits per heavy atom. The number of benzene rings is 1. The van der Waals surface area contributed by atoms with Crippen LogP contribution in [-0.2, 0) is 11.3 Å². The first-order valence-electron chi connectivity index (χ1n) is 6.58. The highest BCUT2D eigenvalue weighted by molar-refractivity contribution is 6.59. The summed E-state index contributed by atoms with van der Waals surface area (Å²) in [6.07, 6.45) is 0.970. The summed E-state index contributed by atoms with van der Waals surface area (Å²) in [5.41, 5.74) is 0.984. The number of hydrogen-bond acceptors (Lipinski definition) is 4. The van der Waals surface area contributed by atoms with E-state index in [0.29, 0.717) is 25.8 Å². The van der Waals surface area contributed by atoms with E-state index < -0.39 is 12.9 Å². The Kier molecular flexibility index (Phi) is 4.93. The molecule has 0 bridgehead atoms. The Bertz CT molecular complexity index is 430. The van der Waals surface area contributed by atoms with Gasteiger partial charge in [-0.15, -0.1) is 0 Å². The summed E-state index contributed by atoms with van der Waals surface area (Å²) in [5.74, 6) is -0.458. The Hall–Kier alpha value is -0.945. The van der Waals surface area contributed by atoms with Crippen molar-refractivity contribution < 1.29 is 19.2 Å². The molecule has 19 heavy (non-hydrogen) atoms. The predicted octanol–water partition coefficient (Wildman–Crippen LogP) is 0.116. The van der Waals surface area contributed by atoms with Gasteiger partial charge in [-0.2, -0.15) is 0 Å². The van der Waals surface area contributed by atoms with E-state index in [4.69, 9.17) is 4.74 Å². The fourth-order valence-electron chi connectivity index (χ4n) is 2.44. The van der Waals surface area contributed by atoms with Crippen molar-refractivity contribution >= 4 is 12.6 Å². The molecular formula is C13H19BFNO3. The zero-order valence-electron chi connectivity index (χ0n) is 11.1. The third kappa shape index (κ3) is 3.54. The third-order valence-corrected chi connectivity index (χ3v) is 3.58. The van der Waals surface area contributed by atoms with E-state index in [9.17, 15) is 14.4 Å². The van der Waals surface area contributed by atoms with Crippen LogP contribution < -0.4 is 5.46 Å². The van der Waals surface area contributed by atoms with E-state index in [-0.39, 0.29) is 5.46 Å². The van der Waals surface area contributed by atoms with Crippen molar-refractivity contribution in [2.45, 2.75) is 25.9 Å². The molecule has 1 saturated heterocycles. The van der Waals surface area contributed by atoms with Crippen molar-refractivity contribution in [2.75, 3.05) is 19.8 Å². The largest absolute Gasteiger partial charge is 0.488 e. The molecule has 2 rings (SSSR count). The van der Waals surface area contributed by atoms with Gasteiger partial charge in [-0.25, -0.2) is 4.39 Å². The first kappa shape index (κ1) is 14.5. The van der Waals surface area contributed by atoms with Crippen LogP contribution in [0.3, 0.4) is 0 Å². The minimum Gasteiger partial charge on any atom is -0.423 e. The Labute approximate surface area is 113 Å². The van der Waals surface area contributed by atoms with Crippen molar-refractivity contribution in [3.8, 4) is 0 Å². The molecule has 1 fully saturated rings. The van der Waals surface area contributed by atoms with Crippen molar-refractivity contribution in [1.82, 2.24) is 4.90 Å². The molecule has 0 radical (unpaired) electrons. The van der Waals surface area contributed by atoms with Gasteiger partial charge in [-0.1, -0.05) is 13.0 Å². The van der Waals surface area contributed by atoms with Crippen LogP contribution in [0.4, 0.5) is 4.39 Å². The van der Waals surface area contributed by atoms with Crippen LogP contribution in [0.15, 0.2) is 18.2 Å². The topological polar surface area (TPSA) is 52.9 Å². The quantitative estimate of drug-likeness (QED) is 0.761. The SMILES string of the molecule is CCC1COCCN1Cc1ccc(F)cc1B(O)O. The molecule has 1 heterocycles. The molecule has 0 amide bonds. The Morgan fingerprint density at radius 2 is 2.26 bits per heavy atom. The highest BCUT2D eigenvalue weighted by Gasteiger charge is 2.24. The Balaban J connectivity index is 2.17. The fourth-order valence-corrected chi connectivity index (χ4v) is 2.44. The maximum atomic E-state index is 13.2. The molecule has 4 nitrogen and oxygen atoms in total. The average molecular weight is 267 g/mol. The highest BCUT2D eigenvalue weighted by atomic mass is 19.1. The molecule has 1 aromatic carbocycles. The van der Waals surface area contributed by atoms with E-state index in [2.05, 4.69) is 11.8 Å². The van der Waals surface area contributed by atoms with Gasteiger partial charge in [0.15, 0.2) is 0 Å². The van der Waals surface area contributed by atoms with Gasteiger partial charge in [-0.05, 0) is 29.6 Å². The smallest absolute Gasteiger partial charge is 0.423 e. The summed E-state index contributed by atoms with van der Waals surface area (Å²) in [6, 6.07) is 4.47. The van der Waals surface area contributed by atoms with Crippen LogP contribution in [0.5, 0.6) is 0 Å². The van der Waals surface area contributed by atoms with Crippen molar-refractivity contribution in [3.05, 3.63) is 29.6 Å². The van der Waals surface area contributed by atoms with Gasteiger partial charge in [0.1, 0.15) is 5.82 Å². The van der Waals surface area contributed by atoms with Crippen LogP contribution >= 0.6 is 0 Å². The number of nitrogens with zero attached hydrogens (tertiary/aromatic N) is 1. The normalized spacial score (nSPS) is 20.5. The molecule has 1 aromatic rings. The molecule has 1 aliphatic heterocycles. The lowest BCUT2D eigenvalue weighted by Gasteiger charge is -2.35. The van der Waals surface area contributed by atoms with Crippen molar-refractivity contribution in [2.24, 2.45) is 0 Å². The van der Waals surface area contributed by atoms with E-state index in [1.807, 2.05) is 0 Å². The second kappa shape index (κ2) is 6.48. The number of morpholine rings is 1. The summed E-state index contributed by atoms with van der Waals surface area (Å²) in [7, 11) is -1.65. The molecular weight excluding hydrogens is 248 g/mol. The molecule has 0 aromatic heterocycles. The van der Waals surface area contributed by atoms with Crippen LogP contribution in [0.25, 0.3) is 0 Å². The van der Waals surface area contributed by atoms with Gasteiger partial charge in [0.2, 0.25) is 0 Å². The van der Waals surface area contributed by atoms with Gasteiger partial charge < -0.3 is 14.8 Å². The predicted molar refractivity (Wildman–Crippen MR) is 71.5 cm³/mol. The lowest BCUT2D eigenvalue weighted by atomic mass is 9.76. The number of halogens is 1. The first-order valence-corrected chi connectivity index (χ1v) is 6.58. The Morgan fingerprint density at radius 1 is 1.47 bits per heavy atom. The fraction of sp³-hybridized carbons (Fsp3) is 0.538. The summed E-state index contributed by atoms with van der Waals surface area (Å²) in [5, 5.41) is 18.7. The highest BCUT2D eigenvalue weighted by Crippen LogP contribution is 2.14. The number of ether oxygens (including phenoxy) is 1. The van der Waals surface area contributed by atoms with E-state index in [1.165, 1.54) is 12.1 Å². The second-order valence-corrected chi connectivity index (χ2v) is 4.82. The van der Waals surface area contributed by atoms with Gasteiger partial charge in [0, 0.05) is 19.1 Å². The molecule has 1 atom stereocenters. The number of hydrogen-bond donors (Lipinski definition) is 2. The first-order chi connectivity index (χ1) is 9.11. The average Bonchev–Trinajstić information content (AvgIpc) is 2.41. The van der Waals surface area contributed by atoms with Gasteiger partial charge in [-0.3, -0.25) is 4.90 Å². The van der Waals surface area contributed by atoms with E-state index in [1.54, 1.807) is 6.07 Å². The lowest BCUT2D eigenvalue weighted by molar-refractivity contribution is -0.0126. The standard InChI is InChI=1S/C13H19BFNO3/c1-2-12-9-19-6-5-16(12)8-10-3-4-11(15)7-13(10)14(17)18/h3-4,7,12,17-18H,2,5-6,8-9H2,1H3. The molecule has 6 heteroatoms. The zero-order chi connectivity index (χ0) is 13.8. The van der Waals surface area contributed by atoms with Gasteiger partial charge >= 0.3 is 7.12 Å². The van der Waals surface area contributed by atoms with Crippen molar-refractivity contribution in [1.29, 1.82) is 0 Å². The third-order valence-electron chi connectivity index (χ3n) is 3.58. The molecule has 0 saturated carbocycles.